The van der Waals surface area contributed by atoms with Gasteiger partial charge in [-0.15, -0.1) is 0 Å². The zero-order valence-electron chi connectivity index (χ0n) is 12.8. The topological polar surface area (TPSA) is 67.4 Å². The molecule has 1 heterocycles. The number of urea groups is 1. The summed E-state index contributed by atoms with van der Waals surface area (Å²) in [5.41, 5.74) is 1.51. The van der Waals surface area contributed by atoms with Gasteiger partial charge in [0.2, 0.25) is 0 Å². The zero-order chi connectivity index (χ0) is 16.3. The lowest BCUT2D eigenvalue weighted by Gasteiger charge is -2.28. The first-order chi connectivity index (χ1) is 10.4. The molecule has 0 bridgehead atoms. The number of amides is 2. The van der Waals surface area contributed by atoms with Crippen LogP contribution in [0, 0.1) is 5.92 Å². The average Bonchev–Trinajstić information content (AvgIpc) is 2.44. The number of ether oxygens (including phenoxy) is 1. The van der Waals surface area contributed by atoms with Crippen LogP contribution in [0.2, 0.25) is 5.02 Å². The zero-order valence-corrected chi connectivity index (χ0v) is 13.5. The molecule has 2 rings (SSSR count). The number of carbonyl (C=O) groups excluding carboxylic acids is 2. The Balaban J connectivity index is 2.37. The van der Waals surface area contributed by atoms with Crippen LogP contribution in [0.4, 0.5) is 4.79 Å². The van der Waals surface area contributed by atoms with Crippen LogP contribution in [0.15, 0.2) is 35.5 Å². The minimum Gasteiger partial charge on any atom is -0.462 e. The van der Waals surface area contributed by atoms with Crippen molar-refractivity contribution >= 4 is 23.6 Å². The van der Waals surface area contributed by atoms with Gasteiger partial charge in [0.25, 0.3) is 0 Å². The van der Waals surface area contributed by atoms with Crippen molar-refractivity contribution < 1.29 is 14.3 Å². The van der Waals surface area contributed by atoms with E-state index >= 15 is 0 Å². The van der Waals surface area contributed by atoms with Gasteiger partial charge < -0.3 is 15.4 Å². The van der Waals surface area contributed by atoms with E-state index in [2.05, 4.69) is 10.6 Å². The van der Waals surface area contributed by atoms with Crippen LogP contribution in [0.5, 0.6) is 0 Å². The van der Waals surface area contributed by atoms with Gasteiger partial charge in [-0.1, -0.05) is 43.6 Å². The van der Waals surface area contributed by atoms with Gasteiger partial charge >= 0.3 is 12.0 Å². The van der Waals surface area contributed by atoms with E-state index in [9.17, 15) is 9.59 Å². The van der Waals surface area contributed by atoms with Gasteiger partial charge in [-0.05, 0) is 24.5 Å². The summed E-state index contributed by atoms with van der Waals surface area (Å²) in [5.74, 6) is -0.224. The second-order valence-corrected chi connectivity index (χ2v) is 5.99. The fourth-order valence-electron chi connectivity index (χ4n) is 2.23. The maximum atomic E-state index is 12.4. The standard InChI is InChI=1S/C16H19ClN2O3/c1-9(2)8-22-15(20)13-10(3)18-16(21)19-14(13)11-6-4-5-7-12(11)17/h4-7,9,14H,8H2,1-3H3,(H2,18,19,21)/t14-/m1/s1. The molecule has 118 valence electrons. The van der Waals surface area contributed by atoms with E-state index in [1.165, 1.54) is 0 Å². The summed E-state index contributed by atoms with van der Waals surface area (Å²) in [6.45, 7) is 5.91. The molecule has 0 saturated heterocycles. The fraction of sp³-hybridized carbons (Fsp3) is 0.375. The summed E-state index contributed by atoms with van der Waals surface area (Å²) in [6, 6.07) is 6.10. The highest BCUT2D eigenvalue weighted by molar-refractivity contribution is 6.31. The summed E-state index contributed by atoms with van der Waals surface area (Å²) in [6.07, 6.45) is 0. The van der Waals surface area contributed by atoms with Gasteiger partial charge in [-0.3, -0.25) is 0 Å². The van der Waals surface area contributed by atoms with Gasteiger partial charge in [0.15, 0.2) is 0 Å². The SMILES string of the molecule is CC1=C(C(=O)OCC(C)C)[C@@H](c2ccccc2Cl)NC(=O)N1. The van der Waals surface area contributed by atoms with E-state index in [4.69, 9.17) is 16.3 Å². The maximum Gasteiger partial charge on any atom is 0.338 e. The number of esters is 1. The molecule has 1 atom stereocenters. The smallest absolute Gasteiger partial charge is 0.338 e. The Morgan fingerprint density at radius 3 is 2.68 bits per heavy atom. The molecule has 2 amide bonds. The Hall–Kier alpha value is -2.01. The normalized spacial score (nSPS) is 18.0. The molecular formula is C16H19ClN2O3. The number of allylic oxidation sites excluding steroid dienone is 1. The summed E-state index contributed by atoms with van der Waals surface area (Å²) in [5, 5.41) is 5.82. The molecule has 0 aliphatic carbocycles. The quantitative estimate of drug-likeness (QED) is 0.837. The molecular weight excluding hydrogens is 304 g/mol. The van der Waals surface area contributed by atoms with Crippen molar-refractivity contribution in [1.29, 1.82) is 0 Å². The monoisotopic (exact) mass is 322 g/mol. The molecule has 1 aromatic carbocycles. The Morgan fingerprint density at radius 1 is 1.36 bits per heavy atom. The van der Waals surface area contributed by atoms with E-state index in [1.54, 1.807) is 25.1 Å². The summed E-state index contributed by atoms with van der Waals surface area (Å²) in [4.78, 5) is 24.2. The number of benzene rings is 1. The van der Waals surface area contributed by atoms with E-state index in [0.29, 0.717) is 28.5 Å². The third-order valence-corrected chi connectivity index (χ3v) is 3.60. The minimum absolute atomic E-state index is 0.231. The van der Waals surface area contributed by atoms with E-state index in [1.807, 2.05) is 19.9 Å². The molecule has 0 spiro atoms. The van der Waals surface area contributed by atoms with Crippen LogP contribution in [-0.4, -0.2) is 18.6 Å². The summed E-state index contributed by atoms with van der Waals surface area (Å²) in [7, 11) is 0. The Bertz CT molecular complexity index is 626. The fourth-order valence-corrected chi connectivity index (χ4v) is 2.47. The molecule has 0 unspecified atom stereocenters. The largest absolute Gasteiger partial charge is 0.462 e. The lowest BCUT2D eigenvalue weighted by Crippen LogP contribution is -2.45. The van der Waals surface area contributed by atoms with Gasteiger partial charge in [0.05, 0.1) is 18.2 Å². The third kappa shape index (κ3) is 3.60. The van der Waals surface area contributed by atoms with E-state index < -0.39 is 12.0 Å². The molecule has 5 nitrogen and oxygen atoms in total. The van der Waals surface area contributed by atoms with Gasteiger partial charge in [-0.2, -0.15) is 0 Å². The second-order valence-electron chi connectivity index (χ2n) is 5.58. The van der Waals surface area contributed by atoms with Gasteiger partial charge in [0, 0.05) is 10.7 Å². The molecule has 2 N–H and O–H groups in total. The van der Waals surface area contributed by atoms with Crippen molar-refractivity contribution in [1.82, 2.24) is 10.6 Å². The first-order valence-electron chi connectivity index (χ1n) is 7.10. The van der Waals surface area contributed by atoms with Crippen LogP contribution < -0.4 is 10.6 Å². The molecule has 0 radical (unpaired) electrons. The predicted molar refractivity (Wildman–Crippen MR) is 84.4 cm³/mol. The molecule has 1 aliphatic rings. The number of nitrogens with one attached hydrogen (secondary N) is 2. The maximum absolute atomic E-state index is 12.4. The first-order valence-corrected chi connectivity index (χ1v) is 7.47. The predicted octanol–water partition coefficient (Wildman–Crippen LogP) is 3.17. The molecule has 0 saturated carbocycles. The summed E-state index contributed by atoms with van der Waals surface area (Å²) >= 11 is 6.20. The lowest BCUT2D eigenvalue weighted by molar-refractivity contribution is -0.140. The Morgan fingerprint density at radius 2 is 2.05 bits per heavy atom. The first kappa shape index (κ1) is 16.4. The molecule has 22 heavy (non-hydrogen) atoms. The molecule has 1 aliphatic heterocycles. The van der Waals surface area contributed by atoms with Crippen LogP contribution in [0.25, 0.3) is 0 Å². The molecule has 6 heteroatoms. The average molecular weight is 323 g/mol. The van der Waals surface area contributed by atoms with Crippen molar-refractivity contribution in [2.75, 3.05) is 6.61 Å². The molecule has 0 fully saturated rings. The number of hydrogen-bond acceptors (Lipinski definition) is 3. The number of carbonyl (C=O) groups is 2. The van der Waals surface area contributed by atoms with E-state index in [0.717, 1.165) is 0 Å². The van der Waals surface area contributed by atoms with Gasteiger partial charge in [-0.25, -0.2) is 9.59 Å². The van der Waals surface area contributed by atoms with Gasteiger partial charge in [0.1, 0.15) is 0 Å². The van der Waals surface area contributed by atoms with Crippen LogP contribution in [0.1, 0.15) is 32.4 Å². The Labute approximate surface area is 134 Å². The molecule has 1 aromatic rings. The third-order valence-electron chi connectivity index (χ3n) is 3.25. The lowest BCUT2D eigenvalue weighted by atomic mass is 9.95. The number of halogens is 1. The number of hydrogen-bond donors (Lipinski definition) is 2. The number of rotatable bonds is 4. The van der Waals surface area contributed by atoms with Crippen LogP contribution in [-0.2, 0) is 9.53 Å². The van der Waals surface area contributed by atoms with Crippen molar-refractivity contribution in [3.63, 3.8) is 0 Å². The minimum atomic E-state index is -0.623. The highest BCUT2D eigenvalue weighted by Crippen LogP contribution is 2.31. The van der Waals surface area contributed by atoms with E-state index in [-0.39, 0.29) is 11.9 Å². The Kier molecular flexibility index (Phi) is 5.08. The van der Waals surface area contributed by atoms with Crippen LogP contribution in [0.3, 0.4) is 0 Å². The van der Waals surface area contributed by atoms with Crippen molar-refractivity contribution in [2.45, 2.75) is 26.8 Å². The van der Waals surface area contributed by atoms with Crippen molar-refractivity contribution in [3.05, 3.63) is 46.1 Å². The van der Waals surface area contributed by atoms with Crippen molar-refractivity contribution in [3.8, 4) is 0 Å². The highest BCUT2D eigenvalue weighted by atomic mass is 35.5. The summed E-state index contributed by atoms with van der Waals surface area (Å²) < 4.78 is 5.31. The second kappa shape index (κ2) is 6.83. The highest BCUT2D eigenvalue weighted by Gasteiger charge is 2.33. The van der Waals surface area contributed by atoms with Crippen LogP contribution >= 0.6 is 11.6 Å². The van der Waals surface area contributed by atoms with Crippen molar-refractivity contribution in [2.24, 2.45) is 5.92 Å². The molecule has 0 aromatic heterocycles.